The van der Waals surface area contributed by atoms with Gasteiger partial charge in [0.2, 0.25) is 6.41 Å². The highest BCUT2D eigenvalue weighted by atomic mass is 16.3. The molecule has 0 aliphatic carbocycles. The number of rotatable bonds is 3. The van der Waals surface area contributed by atoms with Gasteiger partial charge in [-0.3, -0.25) is 9.59 Å². The predicted molar refractivity (Wildman–Crippen MR) is 35.2 cm³/mol. The summed E-state index contributed by atoms with van der Waals surface area (Å²) in [5.41, 5.74) is -0.0602. The van der Waals surface area contributed by atoms with Crippen molar-refractivity contribution in [1.29, 1.82) is 0 Å². The van der Waals surface area contributed by atoms with Crippen LogP contribution in [0.1, 0.15) is 13.8 Å². The zero-order valence-electron chi connectivity index (χ0n) is 5.84. The topological polar surface area (TPSA) is 66.4 Å². The smallest absolute Gasteiger partial charge is 0.211 e. The zero-order valence-corrected chi connectivity index (χ0v) is 5.84. The lowest BCUT2D eigenvalue weighted by atomic mass is 10.3. The Bertz CT molecular complexity index is 179. The van der Waals surface area contributed by atoms with E-state index in [1.807, 2.05) is 0 Å². The minimum atomic E-state index is -0.368. The lowest BCUT2D eigenvalue weighted by Gasteiger charge is -2.00. The van der Waals surface area contributed by atoms with Crippen LogP contribution in [0.15, 0.2) is 11.5 Å². The van der Waals surface area contributed by atoms with Crippen LogP contribution in [0.25, 0.3) is 0 Å². The molecule has 0 saturated carbocycles. The SMILES string of the molecule is CC(=O)C(NC=O)=C(C)O. The number of amides is 1. The van der Waals surface area contributed by atoms with Crippen LogP contribution < -0.4 is 5.32 Å². The van der Waals surface area contributed by atoms with E-state index in [4.69, 9.17) is 5.11 Å². The molecule has 0 atom stereocenters. The van der Waals surface area contributed by atoms with Crippen molar-refractivity contribution in [3.05, 3.63) is 11.5 Å². The summed E-state index contributed by atoms with van der Waals surface area (Å²) < 4.78 is 0. The van der Waals surface area contributed by atoms with Crippen molar-refractivity contribution in [1.82, 2.24) is 5.32 Å². The number of allylic oxidation sites excluding steroid dienone is 2. The number of carbonyl (C=O) groups is 2. The van der Waals surface area contributed by atoms with Crippen LogP contribution in [-0.2, 0) is 9.59 Å². The van der Waals surface area contributed by atoms with Gasteiger partial charge in [0, 0.05) is 6.92 Å². The van der Waals surface area contributed by atoms with Gasteiger partial charge in [-0.2, -0.15) is 0 Å². The van der Waals surface area contributed by atoms with Crippen LogP contribution in [0.3, 0.4) is 0 Å². The van der Waals surface area contributed by atoms with E-state index in [0.717, 1.165) is 0 Å². The van der Waals surface area contributed by atoms with Gasteiger partial charge in [-0.05, 0) is 6.92 Å². The van der Waals surface area contributed by atoms with Crippen molar-refractivity contribution in [2.75, 3.05) is 0 Å². The second kappa shape index (κ2) is 3.66. The van der Waals surface area contributed by atoms with Crippen molar-refractivity contribution in [3.8, 4) is 0 Å². The van der Waals surface area contributed by atoms with Gasteiger partial charge < -0.3 is 10.4 Å². The van der Waals surface area contributed by atoms with Crippen molar-refractivity contribution >= 4 is 12.2 Å². The highest BCUT2D eigenvalue weighted by Crippen LogP contribution is 1.95. The van der Waals surface area contributed by atoms with Gasteiger partial charge in [0.05, 0.1) is 0 Å². The molecule has 0 aliphatic heterocycles. The molecule has 0 bridgehead atoms. The Balaban J connectivity index is 4.42. The fraction of sp³-hybridized carbons (Fsp3) is 0.333. The number of aliphatic hydroxyl groups excluding tert-OH is 1. The summed E-state index contributed by atoms with van der Waals surface area (Å²) in [6.07, 6.45) is 0.344. The minimum Gasteiger partial charge on any atom is -0.510 e. The standard InChI is InChI=1S/C6H9NO3/c1-4(9)6(5(2)10)7-3-8/h3,9H,1-2H3,(H,7,8). The summed E-state index contributed by atoms with van der Waals surface area (Å²) in [7, 11) is 0. The zero-order chi connectivity index (χ0) is 8.15. The molecule has 1 amide bonds. The number of ketones is 1. The van der Waals surface area contributed by atoms with Crippen LogP contribution in [0, 0.1) is 0 Å². The number of hydrogen-bond donors (Lipinski definition) is 2. The normalized spacial score (nSPS) is 11.8. The van der Waals surface area contributed by atoms with Crippen LogP contribution in [0.2, 0.25) is 0 Å². The lowest BCUT2D eigenvalue weighted by molar-refractivity contribution is -0.116. The van der Waals surface area contributed by atoms with Crippen molar-refractivity contribution < 1.29 is 14.7 Å². The van der Waals surface area contributed by atoms with Crippen LogP contribution in [0.5, 0.6) is 0 Å². The first-order chi connectivity index (χ1) is 4.59. The molecule has 0 aromatic heterocycles. The first kappa shape index (κ1) is 8.68. The van der Waals surface area contributed by atoms with Crippen molar-refractivity contribution in [2.45, 2.75) is 13.8 Å². The molecule has 0 fully saturated rings. The lowest BCUT2D eigenvalue weighted by Crippen LogP contribution is -2.18. The Morgan fingerprint density at radius 1 is 1.50 bits per heavy atom. The summed E-state index contributed by atoms with van der Waals surface area (Å²) in [6, 6.07) is 0. The van der Waals surface area contributed by atoms with Crippen molar-refractivity contribution in [2.24, 2.45) is 0 Å². The van der Waals surface area contributed by atoms with Gasteiger partial charge in [-0.1, -0.05) is 0 Å². The number of Topliss-reactive ketones (excluding diaryl/α,β-unsaturated/α-hetero) is 1. The molecule has 4 heteroatoms. The molecule has 0 spiro atoms. The molecule has 0 aromatic carbocycles. The van der Waals surface area contributed by atoms with Crippen molar-refractivity contribution in [3.63, 3.8) is 0 Å². The highest BCUT2D eigenvalue weighted by Gasteiger charge is 2.04. The first-order valence-corrected chi connectivity index (χ1v) is 2.70. The predicted octanol–water partition coefficient (Wildman–Crippen LogP) is 0.111. The van der Waals surface area contributed by atoms with E-state index in [9.17, 15) is 9.59 Å². The first-order valence-electron chi connectivity index (χ1n) is 2.70. The summed E-state index contributed by atoms with van der Waals surface area (Å²) in [4.78, 5) is 20.4. The van der Waals surface area contributed by atoms with E-state index in [1.54, 1.807) is 0 Å². The molecule has 0 aliphatic rings. The van der Waals surface area contributed by atoms with Gasteiger partial charge in [-0.25, -0.2) is 0 Å². The molecule has 0 radical (unpaired) electrons. The van der Waals surface area contributed by atoms with Gasteiger partial charge in [0.1, 0.15) is 11.5 Å². The Morgan fingerprint density at radius 2 is 2.00 bits per heavy atom. The van der Waals surface area contributed by atoms with Gasteiger partial charge >= 0.3 is 0 Å². The van der Waals surface area contributed by atoms with Crippen LogP contribution in [0.4, 0.5) is 0 Å². The average Bonchev–Trinajstić information content (AvgIpc) is 1.81. The number of carbonyl (C=O) groups excluding carboxylic acids is 2. The summed E-state index contributed by atoms with van der Waals surface area (Å²) in [5.74, 6) is -0.549. The highest BCUT2D eigenvalue weighted by molar-refractivity contribution is 5.94. The quantitative estimate of drug-likeness (QED) is 0.335. The maximum absolute atomic E-state index is 10.5. The van der Waals surface area contributed by atoms with Crippen LogP contribution >= 0.6 is 0 Å². The van der Waals surface area contributed by atoms with Gasteiger partial charge in [-0.15, -0.1) is 0 Å². The Morgan fingerprint density at radius 3 is 2.10 bits per heavy atom. The fourth-order valence-electron chi connectivity index (χ4n) is 0.520. The monoisotopic (exact) mass is 143 g/mol. The fourth-order valence-corrected chi connectivity index (χ4v) is 0.520. The van der Waals surface area contributed by atoms with E-state index in [-0.39, 0.29) is 17.2 Å². The Hall–Kier alpha value is -1.32. The molecule has 56 valence electrons. The molecule has 0 saturated heterocycles. The third-order valence-electron chi connectivity index (χ3n) is 0.917. The molecule has 0 aromatic rings. The van der Waals surface area contributed by atoms with E-state index in [0.29, 0.717) is 6.41 Å². The molecule has 0 rings (SSSR count). The molecule has 2 N–H and O–H groups in total. The summed E-state index contributed by atoms with van der Waals surface area (Å²) in [5, 5.41) is 10.8. The number of nitrogens with one attached hydrogen (secondary N) is 1. The van der Waals surface area contributed by atoms with Gasteiger partial charge in [0.15, 0.2) is 5.78 Å². The second-order valence-corrected chi connectivity index (χ2v) is 1.78. The largest absolute Gasteiger partial charge is 0.510 e. The number of aliphatic hydroxyl groups is 1. The minimum absolute atomic E-state index is 0.0602. The number of hydrogen-bond acceptors (Lipinski definition) is 3. The van der Waals surface area contributed by atoms with E-state index in [1.165, 1.54) is 13.8 Å². The molecule has 0 heterocycles. The van der Waals surface area contributed by atoms with Gasteiger partial charge in [0.25, 0.3) is 0 Å². The second-order valence-electron chi connectivity index (χ2n) is 1.78. The average molecular weight is 143 g/mol. The molecular weight excluding hydrogens is 134 g/mol. The molecule has 10 heavy (non-hydrogen) atoms. The summed E-state index contributed by atoms with van der Waals surface area (Å²) in [6.45, 7) is 2.58. The Kier molecular flexibility index (Phi) is 3.17. The summed E-state index contributed by atoms with van der Waals surface area (Å²) >= 11 is 0. The third kappa shape index (κ3) is 2.30. The molecular formula is C6H9NO3. The van der Waals surface area contributed by atoms with Crippen LogP contribution in [-0.4, -0.2) is 17.3 Å². The maximum atomic E-state index is 10.5. The third-order valence-corrected chi connectivity index (χ3v) is 0.917. The van der Waals surface area contributed by atoms with E-state index in [2.05, 4.69) is 5.32 Å². The maximum Gasteiger partial charge on any atom is 0.211 e. The van der Waals surface area contributed by atoms with E-state index < -0.39 is 0 Å². The Labute approximate surface area is 58.5 Å². The van der Waals surface area contributed by atoms with E-state index >= 15 is 0 Å². The molecule has 0 unspecified atom stereocenters. The molecule has 4 nitrogen and oxygen atoms in total.